The predicted octanol–water partition coefficient (Wildman–Crippen LogP) is 3.28. The minimum absolute atomic E-state index is 0.0823. The van der Waals surface area contributed by atoms with Crippen LogP contribution < -0.4 is 0 Å². The van der Waals surface area contributed by atoms with E-state index in [1.54, 1.807) is 6.07 Å². The van der Waals surface area contributed by atoms with Gasteiger partial charge < -0.3 is 14.3 Å². The fraction of sp³-hybridized carbons (Fsp3) is 0.250. The summed E-state index contributed by atoms with van der Waals surface area (Å²) in [5, 5.41) is 10.1. The van der Waals surface area contributed by atoms with Crippen molar-refractivity contribution in [1.82, 2.24) is 0 Å². The number of furan rings is 1. The zero-order valence-electron chi connectivity index (χ0n) is 9.77. The Morgan fingerprint density at radius 2 is 2.28 bits per heavy atom. The number of halogens is 1. The van der Waals surface area contributed by atoms with Crippen LogP contribution in [-0.4, -0.2) is 18.2 Å². The molecule has 0 radical (unpaired) electrons. The van der Waals surface area contributed by atoms with Crippen LogP contribution in [0.5, 0.6) is 0 Å². The maximum Gasteiger partial charge on any atom is 0.373 e. The summed E-state index contributed by atoms with van der Waals surface area (Å²) in [7, 11) is 1.28. The number of aryl methyl sites for hydroxylation is 1. The third kappa shape index (κ3) is 2.50. The van der Waals surface area contributed by atoms with Crippen molar-refractivity contribution >= 4 is 33.2 Å². The van der Waals surface area contributed by atoms with Crippen LogP contribution in [0.3, 0.4) is 0 Å². The topological polar surface area (TPSA) is 59.7 Å². The van der Waals surface area contributed by atoms with Gasteiger partial charge in [0.25, 0.3) is 0 Å². The molecule has 0 aliphatic carbocycles. The third-order valence-corrected chi connectivity index (χ3v) is 4.62. The van der Waals surface area contributed by atoms with Gasteiger partial charge in [-0.05, 0) is 46.6 Å². The highest BCUT2D eigenvalue weighted by Gasteiger charge is 2.20. The summed E-state index contributed by atoms with van der Waals surface area (Å²) in [6.45, 7) is 1.94. The summed E-state index contributed by atoms with van der Waals surface area (Å²) in [5.74, 6) is -0.153. The van der Waals surface area contributed by atoms with Crippen molar-refractivity contribution in [3.63, 3.8) is 0 Å². The molecule has 0 aromatic carbocycles. The molecule has 2 rings (SSSR count). The van der Waals surface area contributed by atoms with Crippen LogP contribution in [0.4, 0.5) is 0 Å². The van der Waals surface area contributed by atoms with E-state index in [2.05, 4.69) is 20.7 Å². The van der Waals surface area contributed by atoms with E-state index < -0.39 is 12.1 Å². The first-order valence-corrected chi connectivity index (χ1v) is 6.76. The van der Waals surface area contributed by atoms with E-state index in [1.165, 1.54) is 24.5 Å². The Morgan fingerprint density at radius 3 is 2.83 bits per heavy atom. The Hall–Kier alpha value is -1.11. The fourth-order valence-corrected chi connectivity index (χ4v) is 3.03. The predicted molar refractivity (Wildman–Crippen MR) is 70.9 cm³/mol. The van der Waals surface area contributed by atoms with Gasteiger partial charge in [-0.25, -0.2) is 4.79 Å². The minimum atomic E-state index is -0.876. The van der Waals surface area contributed by atoms with Crippen molar-refractivity contribution in [1.29, 1.82) is 0 Å². The SMILES string of the molecule is COC(=O)c1ccc(C(O)c2cc(C)c(Br)s2)o1. The van der Waals surface area contributed by atoms with E-state index >= 15 is 0 Å². The third-order valence-electron chi connectivity index (χ3n) is 2.43. The van der Waals surface area contributed by atoms with Crippen LogP contribution in [0.15, 0.2) is 26.4 Å². The first-order valence-electron chi connectivity index (χ1n) is 5.15. The van der Waals surface area contributed by atoms with E-state index in [9.17, 15) is 9.90 Å². The number of carbonyl (C=O) groups is 1. The summed E-state index contributed by atoms with van der Waals surface area (Å²) in [4.78, 5) is 12.0. The van der Waals surface area contributed by atoms with Gasteiger partial charge in [-0.3, -0.25) is 0 Å². The first kappa shape index (κ1) is 13.3. The van der Waals surface area contributed by atoms with Crippen LogP contribution in [0, 0.1) is 6.92 Å². The number of thiophene rings is 1. The highest BCUT2D eigenvalue weighted by atomic mass is 79.9. The van der Waals surface area contributed by atoms with Gasteiger partial charge in [-0.15, -0.1) is 11.3 Å². The number of aliphatic hydroxyl groups excluding tert-OH is 1. The fourth-order valence-electron chi connectivity index (χ4n) is 1.47. The van der Waals surface area contributed by atoms with Gasteiger partial charge in [-0.2, -0.15) is 0 Å². The molecule has 6 heteroatoms. The molecule has 96 valence electrons. The quantitative estimate of drug-likeness (QED) is 0.877. The van der Waals surface area contributed by atoms with Gasteiger partial charge in [0.1, 0.15) is 11.9 Å². The average Bonchev–Trinajstić information content (AvgIpc) is 2.96. The standard InChI is InChI=1S/C12H11BrO4S/c1-6-5-9(18-11(6)13)10(14)7-3-4-8(17-7)12(15)16-2/h3-5,10,14H,1-2H3. The van der Waals surface area contributed by atoms with Gasteiger partial charge in [0.05, 0.1) is 10.9 Å². The number of hydrogen-bond donors (Lipinski definition) is 1. The van der Waals surface area contributed by atoms with Crippen molar-refractivity contribution in [3.05, 3.63) is 43.9 Å². The highest BCUT2D eigenvalue weighted by molar-refractivity contribution is 9.11. The molecular weight excluding hydrogens is 320 g/mol. The largest absolute Gasteiger partial charge is 0.463 e. The molecule has 2 aromatic heterocycles. The van der Waals surface area contributed by atoms with Gasteiger partial charge in [0.2, 0.25) is 5.76 Å². The summed E-state index contributed by atoms with van der Waals surface area (Å²) in [6, 6.07) is 4.93. The molecular formula is C12H11BrO4S. The number of esters is 1. The van der Waals surface area contributed by atoms with Crippen molar-refractivity contribution < 1.29 is 19.1 Å². The summed E-state index contributed by atoms with van der Waals surface area (Å²) in [6.07, 6.45) is -0.876. The Bertz CT molecular complexity index is 553. The molecule has 0 aliphatic heterocycles. The Balaban J connectivity index is 2.26. The van der Waals surface area contributed by atoms with Crippen LogP contribution in [-0.2, 0) is 4.74 Å². The molecule has 0 saturated carbocycles. The summed E-state index contributed by atoms with van der Waals surface area (Å²) in [5.41, 5.74) is 1.05. The average molecular weight is 331 g/mol. The molecule has 18 heavy (non-hydrogen) atoms. The molecule has 0 aliphatic rings. The van der Waals surface area contributed by atoms with Crippen LogP contribution >= 0.6 is 27.3 Å². The lowest BCUT2D eigenvalue weighted by Crippen LogP contribution is -1.99. The van der Waals surface area contributed by atoms with Crippen LogP contribution in [0.25, 0.3) is 0 Å². The van der Waals surface area contributed by atoms with E-state index in [0.717, 1.165) is 14.2 Å². The molecule has 1 atom stereocenters. The van der Waals surface area contributed by atoms with Crippen LogP contribution in [0.2, 0.25) is 0 Å². The summed E-state index contributed by atoms with van der Waals surface area (Å²) < 4.78 is 10.8. The van der Waals surface area contributed by atoms with E-state index in [4.69, 9.17) is 4.42 Å². The van der Waals surface area contributed by atoms with E-state index in [0.29, 0.717) is 5.76 Å². The monoisotopic (exact) mass is 330 g/mol. The first-order chi connectivity index (χ1) is 8.52. The molecule has 0 saturated heterocycles. The maximum atomic E-state index is 11.2. The Morgan fingerprint density at radius 1 is 1.56 bits per heavy atom. The van der Waals surface area contributed by atoms with Gasteiger partial charge in [0, 0.05) is 4.88 Å². The Kier molecular flexibility index (Phi) is 3.89. The summed E-state index contributed by atoms with van der Waals surface area (Å²) >= 11 is 4.83. The van der Waals surface area contributed by atoms with Crippen molar-refractivity contribution in [2.45, 2.75) is 13.0 Å². The van der Waals surface area contributed by atoms with Crippen molar-refractivity contribution in [2.75, 3.05) is 7.11 Å². The number of ether oxygens (including phenoxy) is 1. The second-order valence-electron chi connectivity index (χ2n) is 3.70. The lowest BCUT2D eigenvalue weighted by Gasteiger charge is -2.04. The zero-order valence-corrected chi connectivity index (χ0v) is 12.2. The zero-order chi connectivity index (χ0) is 13.3. The molecule has 0 fully saturated rings. The van der Waals surface area contributed by atoms with Gasteiger partial charge in [0.15, 0.2) is 0 Å². The van der Waals surface area contributed by atoms with E-state index in [-0.39, 0.29) is 5.76 Å². The smallest absolute Gasteiger partial charge is 0.373 e. The Labute approximate surface area is 116 Å². The molecule has 0 amide bonds. The van der Waals surface area contributed by atoms with Crippen LogP contribution in [0.1, 0.15) is 32.9 Å². The van der Waals surface area contributed by atoms with Crippen molar-refractivity contribution in [2.24, 2.45) is 0 Å². The van der Waals surface area contributed by atoms with Gasteiger partial charge >= 0.3 is 5.97 Å². The van der Waals surface area contributed by atoms with E-state index in [1.807, 2.05) is 13.0 Å². The molecule has 0 bridgehead atoms. The van der Waals surface area contributed by atoms with Gasteiger partial charge in [-0.1, -0.05) is 0 Å². The molecule has 2 heterocycles. The molecule has 4 nitrogen and oxygen atoms in total. The minimum Gasteiger partial charge on any atom is -0.463 e. The number of hydrogen-bond acceptors (Lipinski definition) is 5. The molecule has 1 N–H and O–H groups in total. The van der Waals surface area contributed by atoms with Crippen molar-refractivity contribution in [3.8, 4) is 0 Å². The normalized spacial score (nSPS) is 12.4. The maximum absolute atomic E-state index is 11.2. The molecule has 1 unspecified atom stereocenters. The molecule has 0 spiro atoms. The lowest BCUT2D eigenvalue weighted by molar-refractivity contribution is 0.0558. The highest BCUT2D eigenvalue weighted by Crippen LogP contribution is 2.34. The number of rotatable bonds is 3. The second-order valence-corrected chi connectivity index (χ2v) is 6.10. The second kappa shape index (κ2) is 5.26. The lowest BCUT2D eigenvalue weighted by atomic mass is 10.2. The number of carbonyl (C=O) groups excluding carboxylic acids is 1. The number of aliphatic hydroxyl groups is 1. The number of methoxy groups -OCH3 is 1. The molecule has 2 aromatic rings.